The SMILES string of the molecule is CN(Cc1ccccc1Cl)C(=O)NC1CC1. The number of hydrogen-bond donors (Lipinski definition) is 1. The van der Waals surface area contributed by atoms with E-state index in [1.807, 2.05) is 24.3 Å². The Kier molecular flexibility index (Phi) is 3.34. The second-order valence-corrected chi connectivity index (χ2v) is 4.58. The molecule has 0 spiro atoms. The predicted molar refractivity (Wildman–Crippen MR) is 64.5 cm³/mol. The Morgan fingerprint density at radius 3 is 2.81 bits per heavy atom. The molecule has 0 bridgehead atoms. The molecule has 0 atom stereocenters. The van der Waals surface area contributed by atoms with Crippen molar-refractivity contribution in [2.24, 2.45) is 0 Å². The van der Waals surface area contributed by atoms with Crippen LogP contribution in [0.25, 0.3) is 0 Å². The number of halogens is 1. The summed E-state index contributed by atoms with van der Waals surface area (Å²) in [7, 11) is 1.78. The second kappa shape index (κ2) is 4.74. The number of benzene rings is 1. The summed E-state index contributed by atoms with van der Waals surface area (Å²) in [6.45, 7) is 0.540. The Bertz CT molecular complexity index is 390. The van der Waals surface area contributed by atoms with Crippen LogP contribution in [-0.4, -0.2) is 24.0 Å². The number of amides is 2. The summed E-state index contributed by atoms with van der Waals surface area (Å²) in [5.41, 5.74) is 0.970. The van der Waals surface area contributed by atoms with E-state index in [0.29, 0.717) is 17.6 Å². The van der Waals surface area contributed by atoms with Gasteiger partial charge in [0.1, 0.15) is 0 Å². The first-order valence-corrected chi connectivity index (χ1v) is 5.79. The van der Waals surface area contributed by atoms with Crippen molar-refractivity contribution in [1.29, 1.82) is 0 Å². The van der Waals surface area contributed by atoms with Crippen molar-refractivity contribution in [2.75, 3.05) is 7.05 Å². The Balaban J connectivity index is 1.92. The monoisotopic (exact) mass is 238 g/mol. The van der Waals surface area contributed by atoms with Gasteiger partial charge in [-0.25, -0.2) is 4.79 Å². The Morgan fingerprint density at radius 2 is 2.19 bits per heavy atom. The van der Waals surface area contributed by atoms with Gasteiger partial charge in [-0.3, -0.25) is 0 Å². The first kappa shape index (κ1) is 11.3. The summed E-state index contributed by atoms with van der Waals surface area (Å²) < 4.78 is 0. The van der Waals surface area contributed by atoms with Crippen molar-refractivity contribution in [3.8, 4) is 0 Å². The fourth-order valence-corrected chi connectivity index (χ4v) is 1.66. The topological polar surface area (TPSA) is 32.3 Å². The number of rotatable bonds is 3. The minimum absolute atomic E-state index is 0.0255. The molecule has 1 aliphatic rings. The zero-order valence-corrected chi connectivity index (χ0v) is 10.00. The smallest absolute Gasteiger partial charge is 0.317 e. The standard InChI is InChI=1S/C12H15ClN2O/c1-15(12(16)14-10-6-7-10)8-9-4-2-3-5-11(9)13/h2-5,10H,6-8H2,1H3,(H,14,16). The average molecular weight is 239 g/mol. The van der Waals surface area contributed by atoms with Crippen LogP contribution in [0.3, 0.4) is 0 Å². The van der Waals surface area contributed by atoms with Gasteiger partial charge in [0, 0.05) is 24.7 Å². The van der Waals surface area contributed by atoms with E-state index in [0.717, 1.165) is 18.4 Å². The zero-order valence-electron chi connectivity index (χ0n) is 9.24. The highest BCUT2D eigenvalue weighted by atomic mass is 35.5. The Labute approximate surface area is 100 Å². The highest BCUT2D eigenvalue weighted by Crippen LogP contribution is 2.20. The Morgan fingerprint density at radius 1 is 1.50 bits per heavy atom. The molecule has 4 heteroatoms. The van der Waals surface area contributed by atoms with Gasteiger partial charge in [-0.05, 0) is 24.5 Å². The summed E-state index contributed by atoms with van der Waals surface area (Å²) in [5, 5.41) is 3.64. The normalized spacial score (nSPS) is 14.6. The lowest BCUT2D eigenvalue weighted by Gasteiger charge is -2.18. The third-order valence-electron chi connectivity index (χ3n) is 2.62. The fourth-order valence-electron chi connectivity index (χ4n) is 1.47. The average Bonchev–Trinajstić information content (AvgIpc) is 3.05. The molecule has 1 aromatic rings. The maximum Gasteiger partial charge on any atom is 0.317 e. The quantitative estimate of drug-likeness (QED) is 0.863. The van der Waals surface area contributed by atoms with Gasteiger partial charge in [0.25, 0.3) is 0 Å². The summed E-state index contributed by atoms with van der Waals surface area (Å²) >= 11 is 6.03. The van der Waals surface area contributed by atoms with E-state index in [4.69, 9.17) is 11.6 Å². The summed E-state index contributed by atoms with van der Waals surface area (Å²) in [6, 6.07) is 7.94. The van der Waals surface area contributed by atoms with Crippen LogP contribution in [0.2, 0.25) is 5.02 Å². The van der Waals surface area contributed by atoms with Crippen molar-refractivity contribution >= 4 is 17.6 Å². The van der Waals surface area contributed by atoms with E-state index in [2.05, 4.69) is 5.32 Å². The first-order chi connectivity index (χ1) is 7.66. The van der Waals surface area contributed by atoms with Gasteiger partial charge >= 0.3 is 6.03 Å². The van der Waals surface area contributed by atoms with E-state index < -0.39 is 0 Å². The van der Waals surface area contributed by atoms with Gasteiger partial charge in [0.15, 0.2) is 0 Å². The third-order valence-corrected chi connectivity index (χ3v) is 2.99. The van der Waals surface area contributed by atoms with Crippen LogP contribution in [0.4, 0.5) is 4.79 Å². The molecular formula is C12H15ClN2O. The lowest BCUT2D eigenvalue weighted by atomic mass is 10.2. The molecule has 1 N–H and O–H groups in total. The molecule has 1 saturated carbocycles. The van der Waals surface area contributed by atoms with E-state index in [-0.39, 0.29) is 6.03 Å². The molecule has 2 amide bonds. The predicted octanol–water partition coefficient (Wildman–Crippen LogP) is 2.64. The molecule has 1 aromatic carbocycles. The Hall–Kier alpha value is -1.22. The molecule has 1 aliphatic carbocycles. The highest BCUT2D eigenvalue weighted by Gasteiger charge is 2.24. The molecule has 0 aliphatic heterocycles. The molecule has 16 heavy (non-hydrogen) atoms. The second-order valence-electron chi connectivity index (χ2n) is 4.17. The van der Waals surface area contributed by atoms with Crippen LogP contribution in [0.15, 0.2) is 24.3 Å². The van der Waals surface area contributed by atoms with Gasteiger partial charge in [0.05, 0.1) is 0 Å². The van der Waals surface area contributed by atoms with Crippen molar-refractivity contribution < 1.29 is 4.79 Å². The fraction of sp³-hybridized carbons (Fsp3) is 0.417. The summed E-state index contributed by atoms with van der Waals surface area (Å²) in [4.78, 5) is 13.3. The third kappa shape index (κ3) is 2.89. The van der Waals surface area contributed by atoms with Gasteiger partial charge in [-0.1, -0.05) is 29.8 Å². The van der Waals surface area contributed by atoms with Crippen molar-refractivity contribution in [2.45, 2.75) is 25.4 Å². The van der Waals surface area contributed by atoms with Gasteiger partial charge in [-0.2, -0.15) is 0 Å². The molecule has 0 heterocycles. The van der Waals surface area contributed by atoms with Crippen molar-refractivity contribution in [1.82, 2.24) is 10.2 Å². The summed E-state index contributed by atoms with van der Waals surface area (Å²) in [5.74, 6) is 0. The zero-order chi connectivity index (χ0) is 11.5. The number of carbonyl (C=O) groups excluding carboxylic acids is 1. The lowest BCUT2D eigenvalue weighted by Crippen LogP contribution is -2.37. The van der Waals surface area contributed by atoms with E-state index in [9.17, 15) is 4.79 Å². The maximum absolute atomic E-state index is 11.7. The minimum Gasteiger partial charge on any atom is -0.335 e. The number of urea groups is 1. The minimum atomic E-state index is -0.0255. The molecule has 3 nitrogen and oxygen atoms in total. The van der Waals surface area contributed by atoms with Crippen LogP contribution < -0.4 is 5.32 Å². The first-order valence-electron chi connectivity index (χ1n) is 5.42. The van der Waals surface area contributed by atoms with E-state index in [1.54, 1.807) is 11.9 Å². The molecule has 1 fully saturated rings. The lowest BCUT2D eigenvalue weighted by molar-refractivity contribution is 0.206. The van der Waals surface area contributed by atoms with Crippen molar-refractivity contribution in [3.05, 3.63) is 34.9 Å². The van der Waals surface area contributed by atoms with E-state index in [1.165, 1.54) is 0 Å². The summed E-state index contributed by atoms with van der Waals surface area (Å²) in [6.07, 6.45) is 2.21. The molecular weight excluding hydrogens is 224 g/mol. The largest absolute Gasteiger partial charge is 0.335 e. The van der Waals surface area contributed by atoms with Gasteiger partial charge in [-0.15, -0.1) is 0 Å². The van der Waals surface area contributed by atoms with Gasteiger partial charge < -0.3 is 10.2 Å². The molecule has 0 radical (unpaired) electrons. The van der Waals surface area contributed by atoms with Crippen LogP contribution in [0.5, 0.6) is 0 Å². The number of nitrogens with zero attached hydrogens (tertiary/aromatic N) is 1. The number of hydrogen-bond acceptors (Lipinski definition) is 1. The molecule has 2 rings (SSSR count). The molecule has 0 saturated heterocycles. The van der Waals surface area contributed by atoms with Crippen LogP contribution in [0.1, 0.15) is 18.4 Å². The van der Waals surface area contributed by atoms with Gasteiger partial charge in [0.2, 0.25) is 0 Å². The van der Waals surface area contributed by atoms with Crippen LogP contribution in [0, 0.1) is 0 Å². The molecule has 86 valence electrons. The van der Waals surface area contributed by atoms with E-state index >= 15 is 0 Å². The molecule has 0 aromatic heterocycles. The van der Waals surface area contributed by atoms with Crippen LogP contribution >= 0.6 is 11.6 Å². The van der Waals surface area contributed by atoms with Crippen LogP contribution in [-0.2, 0) is 6.54 Å². The maximum atomic E-state index is 11.7. The number of nitrogens with one attached hydrogen (secondary N) is 1. The highest BCUT2D eigenvalue weighted by molar-refractivity contribution is 6.31. The van der Waals surface area contributed by atoms with Crippen molar-refractivity contribution in [3.63, 3.8) is 0 Å². The molecule has 0 unspecified atom stereocenters. The number of carbonyl (C=O) groups is 1.